The fourth-order valence-electron chi connectivity index (χ4n) is 4.86. The molecule has 0 aromatic heterocycles. The van der Waals surface area contributed by atoms with Gasteiger partial charge in [0.1, 0.15) is 7.14 Å². The lowest BCUT2D eigenvalue weighted by molar-refractivity contribution is 0.574. The molecule has 37 heavy (non-hydrogen) atoms. The molecule has 2 nitrogen and oxygen atoms in total. The quantitative estimate of drug-likeness (QED) is 0.192. The highest BCUT2D eigenvalue weighted by Gasteiger charge is 2.43. The third-order valence-electron chi connectivity index (χ3n) is 6.75. The Kier molecular flexibility index (Phi) is 7.63. The highest BCUT2D eigenvalue weighted by molar-refractivity contribution is 7.82. The molecule has 1 unspecified atom stereocenters. The van der Waals surface area contributed by atoms with Crippen molar-refractivity contribution in [3.8, 4) is 0 Å². The first-order valence-corrected chi connectivity index (χ1v) is 16.2. The Morgan fingerprint density at radius 3 is 1.22 bits per heavy atom. The number of benzene rings is 5. The highest BCUT2D eigenvalue weighted by Crippen LogP contribution is 2.63. The van der Waals surface area contributed by atoms with Gasteiger partial charge in [-0.15, -0.1) is 0 Å². The zero-order valence-corrected chi connectivity index (χ0v) is 22.8. The van der Waals surface area contributed by atoms with Crippen LogP contribution >= 0.6 is 25.9 Å². The average Bonchev–Trinajstić information content (AvgIpc) is 2.98. The van der Waals surface area contributed by atoms with Crippen LogP contribution in [0.1, 0.15) is 11.2 Å². The maximum atomic E-state index is 15.6. The fourth-order valence-corrected chi connectivity index (χ4v) is 12.2. The minimum atomic E-state index is -3.32. The third-order valence-corrected chi connectivity index (χ3v) is 13.9. The van der Waals surface area contributed by atoms with Crippen LogP contribution in [0.15, 0.2) is 146 Å². The number of halogens is 1. The third kappa shape index (κ3) is 5.16. The monoisotopic (exact) mass is 540 g/mol. The first-order chi connectivity index (χ1) is 18.0. The van der Waals surface area contributed by atoms with Gasteiger partial charge in [-0.25, -0.2) is 0 Å². The van der Waals surface area contributed by atoms with Gasteiger partial charge in [-0.2, -0.15) is 0 Å². The molecule has 5 rings (SSSR count). The van der Waals surface area contributed by atoms with E-state index in [2.05, 4.69) is 0 Å². The summed E-state index contributed by atoms with van der Waals surface area (Å²) in [5, 5.41) is 3.61. The fraction of sp³-hybridized carbons (Fsp3) is 0.0625. The molecule has 5 aromatic carbocycles. The van der Waals surface area contributed by atoms with Crippen LogP contribution in [0.3, 0.4) is 0 Å². The van der Waals surface area contributed by atoms with Crippen LogP contribution in [0.5, 0.6) is 0 Å². The summed E-state index contributed by atoms with van der Waals surface area (Å²) in [6.45, 7) is 0. The molecule has 1 atom stereocenters. The summed E-state index contributed by atoms with van der Waals surface area (Å²) in [6.07, 6.45) is 0.212. The van der Waals surface area contributed by atoms with Gasteiger partial charge in [0, 0.05) is 32.4 Å². The Morgan fingerprint density at radius 2 is 0.838 bits per heavy atom. The van der Waals surface area contributed by atoms with Gasteiger partial charge in [0.2, 0.25) is 0 Å². The molecule has 0 saturated heterocycles. The van der Waals surface area contributed by atoms with E-state index >= 15 is 9.13 Å². The number of rotatable bonds is 8. The van der Waals surface area contributed by atoms with E-state index in [1.165, 1.54) is 0 Å². The van der Waals surface area contributed by atoms with E-state index in [4.69, 9.17) is 11.6 Å². The lowest BCUT2D eigenvalue weighted by atomic mass is 10.2. The summed E-state index contributed by atoms with van der Waals surface area (Å²) >= 11 is 6.27. The summed E-state index contributed by atoms with van der Waals surface area (Å²) < 4.78 is 30.8. The molecule has 5 aromatic rings. The first-order valence-electron chi connectivity index (χ1n) is 12.2. The van der Waals surface area contributed by atoms with Crippen LogP contribution in [-0.2, 0) is 9.13 Å². The lowest BCUT2D eigenvalue weighted by Crippen LogP contribution is -2.27. The van der Waals surface area contributed by atoms with Gasteiger partial charge in [-0.3, -0.25) is 0 Å². The standard InChI is InChI=1S/C32H27ClO2P2/c33-27-23-21-26(22-24-27)32(37(35,30-17-9-3-10-18-30)31-19-11-4-12-20-31)25-36(34,28-13-5-1-6-14-28)29-15-7-2-8-16-29/h1-24,32H,25H2. The molecule has 0 radical (unpaired) electrons. The zero-order chi connectivity index (χ0) is 25.7. The van der Waals surface area contributed by atoms with Crippen molar-refractivity contribution in [1.82, 2.24) is 0 Å². The molecule has 0 heterocycles. The molecule has 0 aliphatic rings. The van der Waals surface area contributed by atoms with Gasteiger partial charge in [-0.1, -0.05) is 145 Å². The van der Waals surface area contributed by atoms with E-state index in [0.717, 1.165) is 26.8 Å². The van der Waals surface area contributed by atoms with Crippen molar-refractivity contribution in [2.45, 2.75) is 5.66 Å². The summed E-state index contributed by atoms with van der Waals surface area (Å²) in [5.74, 6) is 0. The van der Waals surface area contributed by atoms with Gasteiger partial charge < -0.3 is 9.13 Å². The molecule has 0 spiro atoms. The largest absolute Gasteiger partial charge is 0.314 e. The normalized spacial score (nSPS) is 12.7. The molecular weight excluding hydrogens is 514 g/mol. The van der Waals surface area contributed by atoms with Crippen molar-refractivity contribution in [3.05, 3.63) is 156 Å². The predicted octanol–water partition coefficient (Wildman–Crippen LogP) is 7.41. The number of hydrogen-bond donors (Lipinski definition) is 0. The summed E-state index contributed by atoms with van der Waals surface area (Å²) in [7, 11) is -6.52. The van der Waals surface area contributed by atoms with Crippen molar-refractivity contribution < 1.29 is 9.13 Å². The maximum absolute atomic E-state index is 15.6. The Balaban J connectivity index is 1.78. The summed E-state index contributed by atoms with van der Waals surface area (Å²) in [4.78, 5) is 0. The molecule has 184 valence electrons. The van der Waals surface area contributed by atoms with E-state index in [9.17, 15) is 0 Å². The van der Waals surface area contributed by atoms with Crippen LogP contribution in [0.4, 0.5) is 0 Å². The van der Waals surface area contributed by atoms with E-state index in [1.54, 1.807) is 0 Å². The molecule has 0 N–H and O–H groups in total. The van der Waals surface area contributed by atoms with E-state index in [1.807, 2.05) is 146 Å². The van der Waals surface area contributed by atoms with Gasteiger partial charge in [0.15, 0.2) is 7.14 Å². The van der Waals surface area contributed by atoms with Crippen molar-refractivity contribution in [2.75, 3.05) is 6.16 Å². The Hall–Kier alpha value is -3.15. The van der Waals surface area contributed by atoms with Crippen LogP contribution in [-0.4, -0.2) is 6.16 Å². The molecule has 0 amide bonds. The zero-order valence-electron chi connectivity index (χ0n) is 20.2. The van der Waals surface area contributed by atoms with E-state index < -0.39 is 19.9 Å². The van der Waals surface area contributed by atoms with Gasteiger partial charge in [-0.05, 0) is 17.7 Å². The maximum Gasteiger partial charge on any atom is 0.150 e. The van der Waals surface area contributed by atoms with Crippen LogP contribution in [0.25, 0.3) is 0 Å². The summed E-state index contributed by atoms with van der Waals surface area (Å²) in [6, 6.07) is 45.9. The molecular formula is C32H27ClO2P2. The van der Waals surface area contributed by atoms with Crippen molar-refractivity contribution in [1.29, 1.82) is 0 Å². The molecule has 0 bridgehead atoms. The average molecular weight is 541 g/mol. The summed E-state index contributed by atoms with van der Waals surface area (Å²) in [5.41, 5.74) is 0.313. The van der Waals surface area contributed by atoms with Crippen molar-refractivity contribution in [3.63, 3.8) is 0 Å². The lowest BCUT2D eigenvalue weighted by Gasteiger charge is -2.32. The van der Waals surface area contributed by atoms with Crippen LogP contribution in [0.2, 0.25) is 5.02 Å². The van der Waals surface area contributed by atoms with Gasteiger partial charge >= 0.3 is 0 Å². The topological polar surface area (TPSA) is 34.1 Å². The Labute approximate surface area is 223 Å². The molecule has 0 saturated carbocycles. The predicted molar refractivity (Wildman–Crippen MR) is 159 cm³/mol. The van der Waals surface area contributed by atoms with Crippen molar-refractivity contribution in [2.24, 2.45) is 0 Å². The van der Waals surface area contributed by atoms with Gasteiger partial charge in [0.05, 0.1) is 5.66 Å². The second kappa shape index (κ2) is 11.1. The first kappa shape index (κ1) is 25.5. The molecule has 0 aliphatic carbocycles. The molecule has 0 fully saturated rings. The molecule has 5 heteroatoms. The van der Waals surface area contributed by atoms with E-state index in [-0.39, 0.29) is 6.16 Å². The smallest absolute Gasteiger partial charge is 0.150 e. The minimum Gasteiger partial charge on any atom is -0.314 e. The SMILES string of the molecule is O=P(CC(c1ccc(Cl)cc1)P(=O)(c1ccccc1)c1ccccc1)(c1ccccc1)c1ccccc1. The second-order valence-corrected chi connectivity index (χ2v) is 15.3. The van der Waals surface area contributed by atoms with Crippen molar-refractivity contribution >= 4 is 47.1 Å². The van der Waals surface area contributed by atoms with Crippen LogP contribution in [0, 0.1) is 0 Å². The second-order valence-electron chi connectivity index (χ2n) is 8.99. The number of hydrogen-bond acceptors (Lipinski definition) is 2. The Bertz CT molecular complexity index is 1450. The highest BCUT2D eigenvalue weighted by atomic mass is 35.5. The Morgan fingerprint density at radius 1 is 0.486 bits per heavy atom. The molecule has 0 aliphatic heterocycles. The minimum absolute atomic E-state index is 0.212. The van der Waals surface area contributed by atoms with Gasteiger partial charge in [0.25, 0.3) is 0 Å². The van der Waals surface area contributed by atoms with E-state index in [0.29, 0.717) is 5.02 Å². The van der Waals surface area contributed by atoms with Crippen LogP contribution < -0.4 is 21.2 Å².